The molecule has 1 rings (SSSR count). The summed E-state index contributed by atoms with van der Waals surface area (Å²) in [4.78, 5) is 11.3. The van der Waals surface area contributed by atoms with Gasteiger partial charge in [-0.15, -0.1) is 0 Å². The molecule has 1 fully saturated rings. The summed E-state index contributed by atoms with van der Waals surface area (Å²) in [7, 11) is 0. The molecule has 0 heterocycles. The SMILES string of the molecule is CCNC1(C(=O)O)CCC(SC(C)C)C1. The van der Waals surface area contributed by atoms with Crippen LogP contribution in [-0.4, -0.2) is 33.7 Å². The lowest BCUT2D eigenvalue weighted by atomic mass is 9.98. The van der Waals surface area contributed by atoms with E-state index in [1.807, 2.05) is 18.7 Å². The number of carboxylic acids is 1. The van der Waals surface area contributed by atoms with Crippen LogP contribution in [0.1, 0.15) is 40.0 Å². The van der Waals surface area contributed by atoms with Gasteiger partial charge in [-0.05, 0) is 31.1 Å². The van der Waals surface area contributed by atoms with Crippen molar-refractivity contribution in [2.75, 3.05) is 6.54 Å². The molecule has 2 atom stereocenters. The maximum Gasteiger partial charge on any atom is 0.323 e. The molecular weight excluding hydrogens is 210 g/mol. The summed E-state index contributed by atoms with van der Waals surface area (Å²) < 4.78 is 0. The van der Waals surface area contributed by atoms with E-state index in [1.165, 1.54) is 0 Å². The lowest BCUT2D eigenvalue weighted by Crippen LogP contribution is -2.50. The van der Waals surface area contributed by atoms with Crippen LogP contribution in [0.15, 0.2) is 0 Å². The number of likely N-dealkylation sites (N-methyl/N-ethyl adjacent to an activating group) is 1. The number of hydrogen-bond acceptors (Lipinski definition) is 3. The van der Waals surface area contributed by atoms with Crippen molar-refractivity contribution in [3.05, 3.63) is 0 Å². The van der Waals surface area contributed by atoms with Crippen molar-refractivity contribution < 1.29 is 9.90 Å². The van der Waals surface area contributed by atoms with Crippen molar-refractivity contribution >= 4 is 17.7 Å². The van der Waals surface area contributed by atoms with Gasteiger partial charge in [-0.25, -0.2) is 0 Å². The van der Waals surface area contributed by atoms with Crippen molar-refractivity contribution in [2.45, 2.75) is 56.1 Å². The molecule has 1 aliphatic carbocycles. The zero-order valence-electron chi connectivity index (χ0n) is 9.75. The van der Waals surface area contributed by atoms with Crippen LogP contribution >= 0.6 is 11.8 Å². The highest BCUT2D eigenvalue weighted by Gasteiger charge is 2.45. The molecule has 0 aliphatic heterocycles. The molecule has 3 nitrogen and oxygen atoms in total. The molecular formula is C11H21NO2S. The third-order valence-electron chi connectivity index (χ3n) is 2.86. The molecule has 1 aliphatic rings. The number of aliphatic carboxylic acids is 1. The second kappa shape index (κ2) is 5.21. The minimum absolute atomic E-state index is 0.500. The van der Waals surface area contributed by atoms with Crippen LogP contribution in [0.2, 0.25) is 0 Å². The first-order chi connectivity index (χ1) is 7.00. The molecule has 1 saturated carbocycles. The Morgan fingerprint density at radius 2 is 2.33 bits per heavy atom. The fourth-order valence-electron chi connectivity index (χ4n) is 2.27. The number of carboxylic acid groups (broad SMARTS) is 1. The lowest BCUT2D eigenvalue weighted by Gasteiger charge is -2.25. The first-order valence-electron chi connectivity index (χ1n) is 5.64. The van der Waals surface area contributed by atoms with Crippen LogP contribution in [0.25, 0.3) is 0 Å². The Hall–Kier alpha value is -0.220. The Labute approximate surface area is 96.0 Å². The summed E-state index contributed by atoms with van der Waals surface area (Å²) in [5.74, 6) is -0.684. The molecule has 4 heteroatoms. The van der Waals surface area contributed by atoms with Gasteiger partial charge in [0.05, 0.1) is 0 Å². The van der Waals surface area contributed by atoms with E-state index in [-0.39, 0.29) is 0 Å². The summed E-state index contributed by atoms with van der Waals surface area (Å²) >= 11 is 1.90. The van der Waals surface area contributed by atoms with Gasteiger partial charge in [0.25, 0.3) is 0 Å². The molecule has 0 aromatic rings. The number of rotatable bonds is 5. The molecule has 0 aromatic carbocycles. The third kappa shape index (κ3) is 3.11. The van der Waals surface area contributed by atoms with Crippen molar-refractivity contribution in [1.29, 1.82) is 0 Å². The van der Waals surface area contributed by atoms with Crippen molar-refractivity contribution in [3.8, 4) is 0 Å². The van der Waals surface area contributed by atoms with E-state index < -0.39 is 11.5 Å². The lowest BCUT2D eigenvalue weighted by molar-refractivity contribution is -0.144. The van der Waals surface area contributed by atoms with E-state index in [2.05, 4.69) is 19.2 Å². The van der Waals surface area contributed by atoms with Crippen molar-refractivity contribution in [2.24, 2.45) is 0 Å². The van der Waals surface area contributed by atoms with Crippen molar-refractivity contribution in [3.63, 3.8) is 0 Å². The van der Waals surface area contributed by atoms with Crippen molar-refractivity contribution in [1.82, 2.24) is 5.32 Å². The number of thioether (sulfide) groups is 1. The second-order valence-corrected chi connectivity index (χ2v) is 6.35. The fraction of sp³-hybridized carbons (Fsp3) is 0.909. The predicted octanol–water partition coefficient (Wildman–Crippen LogP) is 2.11. The summed E-state index contributed by atoms with van der Waals surface area (Å²) in [5.41, 5.74) is -0.651. The van der Waals surface area contributed by atoms with Crippen LogP contribution in [0, 0.1) is 0 Å². The normalized spacial score (nSPS) is 31.1. The zero-order chi connectivity index (χ0) is 11.5. The topological polar surface area (TPSA) is 49.3 Å². The highest BCUT2D eigenvalue weighted by molar-refractivity contribution is 8.00. The quantitative estimate of drug-likeness (QED) is 0.761. The van der Waals surface area contributed by atoms with Gasteiger partial charge in [0.2, 0.25) is 0 Å². The first kappa shape index (κ1) is 12.8. The average Bonchev–Trinajstić information content (AvgIpc) is 2.49. The Morgan fingerprint density at radius 1 is 1.67 bits per heavy atom. The minimum Gasteiger partial charge on any atom is -0.480 e. The van der Waals surface area contributed by atoms with E-state index in [0.29, 0.717) is 10.5 Å². The van der Waals surface area contributed by atoms with Gasteiger partial charge < -0.3 is 10.4 Å². The highest BCUT2D eigenvalue weighted by atomic mass is 32.2. The molecule has 0 amide bonds. The molecule has 0 aromatic heterocycles. The number of hydrogen-bond donors (Lipinski definition) is 2. The summed E-state index contributed by atoms with van der Waals surface area (Å²) in [6.07, 6.45) is 2.54. The zero-order valence-corrected chi connectivity index (χ0v) is 10.6. The van der Waals surface area contributed by atoms with E-state index in [9.17, 15) is 9.90 Å². The van der Waals surface area contributed by atoms with Crippen LogP contribution < -0.4 is 5.32 Å². The van der Waals surface area contributed by atoms with Crippen LogP contribution in [0.5, 0.6) is 0 Å². The van der Waals surface area contributed by atoms with Crippen LogP contribution in [-0.2, 0) is 4.79 Å². The summed E-state index contributed by atoms with van der Waals surface area (Å²) in [6, 6.07) is 0. The molecule has 0 spiro atoms. The standard InChI is InChI=1S/C11H21NO2S/c1-4-12-11(10(13)14)6-5-9(7-11)15-8(2)3/h8-9,12H,4-7H2,1-3H3,(H,13,14). The molecule has 0 radical (unpaired) electrons. The number of carbonyl (C=O) groups is 1. The monoisotopic (exact) mass is 231 g/mol. The molecule has 88 valence electrons. The molecule has 15 heavy (non-hydrogen) atoms. The summed E-state index contributed by atoms with van der Waals surface area (Å²) in [5, 5.41) is 13.5. The first-order valence-corrected chi connectivity index (χ1v) is 6.58. The van der Waals surface area contributed by atoms with E-state index in [0.717, 1.165) is 25.8 Å². The average molecular weight is 231 g/mol. The number of nitrogens with one attached hydrogen (secondary N) is 1. The fourth-order valence-corrected chi connectivity index (χ4v) is 3.67. The summed E-state index contributed by atoms with van der Waals surface area (Å²) in [6.45, 7) is 7.02. The largest absolute Gasteiger partial charge is 0.480 e. The Morgan fingerprint density at radius 3 is 2.80 bits per heavy atom. The van der Waals surface area contributed by atoms with E-state index in [4.69, 9.17) is 0 Å². The van der Waals surface area contributed by atoms with Gasteiger partial charge in [0.15, 0.2) is 0 Å². The Balaban J connectivity index is 2.59. The molecule has 2 N–H and O–H groups in total. The Kier molecular flexibility index (Phi) is 4.46. The highest BCUT2D eigenvalue weighted by Crippen LogP contribution is 2.38. The van der Waals surface area contributed by atoms with Gasteiger partial charge in [-0.1, -0.05) is 20.8 Å². The van der Waals surface area contributed by atoms with Gasteiger partial charge in [0, 0.05) is 5.25 Å². The van der Waals surface area contributed by atoms with Crippen LogP contribution in [0.4, 0.5) is 0 Å². The maximum absolute atomic E-state index is 11.3. The third-order valence-corrected chi connectivity index (χ3v) is 4.19. The van der Waals surface area contributed by atoms with Gasteiger partial charge >= 0.3 is 5.97 Å². The van der Waals surface area contributed by atoms with E-state index in [1.54, 1.807) is 0 Å². The smallest absolute Gasteiger partial charge is 0.323 e. The van der Waals surface area contributed by atoms with E-state index >= 15 is 0 Å². The maximum atomic E-state index is 11.3. The van der Waals surface area contributed by atoms with Gasteiger partial charge in [-0.2, -0.15) is 11.8 Å². The van der Waals surface area contributed by atoms with Crippen LogP contribution in [0.3, 0.4) is 0 Å². The predicted molar refractivity (Wildman–Crippen MR) is 64.4 cm³/mol. The Bertz CT molecular complexity index is 233. The molecule has 0 bridgehead atoms. The van der Waals surface area contributed by atoms with Gasteiger partial charge in [0.1, 0.15) is 5.54 Å². The molecule has 0 saturated heterocycles. The minimum atomic E-state index is -0.684. The second-order valence-electron chi connectivity index (χ2n) is 4.47. The van der Waals surface area contributed by atoms with Gasteiger partial charge in [-0.3, -0.25) is 4.79 Å². The molecule has 2 unspecified atom stereocenters.